The van der Waals surface area contributed by atoms with Gasteiger partial charge in [-0.3, -0.25) is 0 Å². The molecular weight excluding hydrogens is 696 g/mol. The van der Waals surface area contributed by atoms with Crippen LogP contribution >= 0.6 is 0 Å². The van der Waals surface area contributed by atoms with E-state index in [0.29, 0.717) is 42.3 Å². The van der Waals surface area contributed by atoms with E-state index in [4.69, 9.17) is 19.3 Å². The van der Waals surface area contributed by atoms with Crippen molar-refractivity contribution in [2.24, 2.45) is 35.5 Å². The summed E-state index contributed by atoms with van der Waals surface area (Å²) >= 11 is 0. The first-order valence-corrected chi connectivity index (χ1v) is 21.6. The van der Waals surface area contributed by atoms with E-state index in [0.717, 1.165) is 120 Å². The van der Waals surface area contributed by atoms with Crippen LogP contribution in [0, 0.1) is 35.5 Å². The van der Waals surface area contributed by atoms with E-state index in [-0.39, 0.29) is 49.3 Å². The number of aliphatic hydroxyl groups excluding tert-OH is 3. The van der Waals surface area contributed by atoms with Crippen LogP contribution in [0.3, 0.4) is 0 Å². The number of aliphatic hydroxyl groups is 3. The second-order valence-electron chi connectivity index (χ2n) is 17.3. The predicted molar refractivity (Wildman–Crippen MR) is 211 cm³/mol. The number of hydrogen-bond donors (Lipinski definition) is 4. The molecule has 4 aliphatic carbocycles. The number of ether oxygens (including phenoxy) is 3. The van der Waals surface area contributed by atoms with Gasteiger partial charge in [0.2, 0.25) is 0 Å². The van der Waals surface area contributed by atoms with E-state index in [1.165, 1.54) is 11.1 Å². The molecule has 55 heavy (non-hydrogen) atoms. The molecule has 2 aromatic carbocycles. The largest absolute Gasteiger partial charge is 0.482 e. The molecule has 9 heteroatoms. The molecule has 9 nitrogen and oxygen atoms in total. The highest BCUT2D eigenvalue weighted by molar-refractivity contribution is 5.71. The number of esters is 1. The smallest absolute Gasteiger partial charge is 0.344 e. The van der Waals surface area contributed by atoms with Crippen LogP contribution in [0.4, 0.5) is 0 Å². The summed E-state index contributed by atoms with van der Waals surface area (Å²) in [5.74, 6) is 1.67. The van der Waals surface area contributed by atoms with Gasteiger partial charge in [-0.1, -0.05) is 70.2 Å². The molecule has 4 N–H and O–H groups in total. The highest BCUT2D eigenvalue weighted by atomic mass is 16.6. The van der Waals surface area contributed by atoms with Crippen LogP contribution in [0.15, 0.2) is 36.4 Å². The molecule has 0 spiro atoms. The summed E-state index contributed by atoms with van der Waals surface area (Å²) in [5.41, 5.74) is 4.61. The van der Waals surface area contributed by atoms with Gasteiger partial charge in [-0.2, -0.15) is 0 Å². The van der Waals surface area contributed by atoms with Crippen molar-refractivity contribution in [1.82, 2.24) is 0 Å². The second kappa shape index (κ2) is 19.8. The highest BCUT2D eigenvalue weighted by Crippen LogP contribution is 2.50. The zero-order chi connectivity index (χ0) is 38.9. The Labute approximate surface area is 328 Å². The van der Waals surface area contributed by atoms with Crippen molar-refractivity contribution in [3.8, 4) is 11.5 Å². The third-order valence-corrected chi connectivity index (χ3v) is 13.6. The standard InChI is InChI=1S/C46H66O9/c1-3-5-7-13-33(47)17-19-35-37-21-30-12-10-16-44(40(30)24-31(37)25-41(35)48)54-28-46(52)55-34(14-8-6-4-2)18-20-36-38-22-29-11-9-15-43(53-27-45(50)51)39(29)23-32(38)26-42(36)49/h9-12,15-16,31-38,41-42,47-49H,3-8,13-14,17-28H2,1-2H3,(H,50,51)/t31-,32-,33-,34-,35+,36+,37-,38-,41+,42+/m0/s1. The molecule has 0 heterocycles. The Balaban J connectivity index is 1.02. The number of carboxylic acids is 1. The number of fused-ring (bicyclic) bond motifs is 4. The van der Waals surface area contributed by atoms with Gasteiger partial charge in [0.05, 0.1) is 18.3 Å². The van der Waals surface area contributed by atoms with Crippen molar-refractivity contribution in [1.29, 1.82) is 0 Å². The maximum Gasteiger partial charge on any atom is 0.344 e. The number of rotatable bonds is 21. The molecule has 4 aliphatic rings. The molecule has 0 saturated heterocycles. The van der Waals surface area contributed by atoms with Crippen LogP contribution in [0.2, 0.25) is 0 Å². The van der Waals surface area contributed by atoms with E-state index in [2.05, 4.69) is 26.0 Å². The van der Waals surface area contributed by atoms with Crippen molar-refractivity contribution in [2.45, 2.75) is 154 Å². The number of carboxylic acid groups (broad SMARTS) is 1. The Kier molecular flexibility index (Phi) is 15.0. The summed E-state index contributed by atoms with van der Waals surface area (Å²) < 4.78 is 17.9. The lowest BCUT2D eigenvalue weighted by atomic mass is 9.73. The third-order valence-electron chi connectivity index (χ3n) is 13.6. The Morgan fingerprint density at radius 3 is 1.76 bits per heavy atom. The fourth-order valence-electron chi connectivity index (χ4n) is 10.8. The zero-order valence-electron chi connectivity index (χ0n) is 33.2. The van der Waals surface area contributed by atoms with Crippen molar-refractivity contribution < 1.29 is 44.2 Å². The number of benzene rings is 2. The normalized spacial score (nSPS) is 27.7. The monoisotopic (exact) mass is 762 g/mol. The van der Waals surface area contributed by atoms with Crippen LogP contribution in [0.25, 0.3) is 0 Å². The molecule has 0 bridgehead atoms. The number of hydrogen-bond acceptors (Lipinski definition) is 8. The number of aliphatic carboxylic acids is 1. The summed E-state index contributed by atoms with van der Waals surface area (Å²) in [7, 11) is 0. The Bertz CT molecular complexity index is 1560. The van der Waals surface area contributed by atoms with Crippen molar-refractivity contribution in [3.05, 3.63) is 58.7 Å². The van der Waals surface area contributed by atoms with Crippen molar-refractivity contribution >= 4 is 11.9 Å². The van der Waals surface area contributed by atoms with Crippen molar-refractivity contribution in [2.75, 3.05) is 13.2 Å². The summed E-state index contributed by atoms with van der Waals surface area (Å²) in [6.07, 6.45) is 14.6. The second-order valence-corrected chi connectivity index (χ2v) is 17.3. The molecule has 10 atom stereocenters. The van der Waals surface area contributed by atoms with Crippen LogP contribution in [-0.2, 0) is 40.0 Å². The lowest BCUT2D eigenvalue weighted by Gasteiger charge is -2.33. The van der Waals surface area contributed by atoms with Gasteiger partial charge < -0.3 is 34.6 Å². The van der Waals surface area contributed by atoms with E-state index < -0.39 is 12.1 Å². The van der Waals surface area contributed by atoms with Gasteiger partial charge in [0.25, 0.3) is 0 Å². The first-order valence-electron chi connectivity index (χ1n) is 21.6. The first-order chi connectivity index (χ1) is 26.6. The lowest BCUT2D eigenvalue weighted by molar-refractivity contribution is -0.152. The van der Waals surface area contributed by atoms with Gasteiger partial charge in [0.1, 0.15) is 17.6 Å². The van der Waals surface area contributed by atoms with Gasteiger partial charge in [0.15, 0.2) is 13.2 Å². The van der Waals surface area contributed by atoms with Crippen LogP contribution in [0.5, 0.6) is 11.5 Å². The third kappa shape index (κ3) is 10.6. The summed E-state index contributed by atoms with van der Waals surface area (Å²) in [5, 5.41) is 42.0. The summed E-state index contributed by atoms with van der Waals surface area (Å²) in [4.78, 5) is 24.5. The number of carbonyl (C=O) groups excluding carboxylic acids is 1. The topological polar surface area (TPSA) is 143 Å². The first kappa shape index (κ1) is 41.5. The summed E-state index contributed by atoms with van der Waals surface area (Å²) in [6.45, 7) is 3.81. The molecule has 0 aromatic heterocycles. The number of carbonyl (C=O) groups is 2. The van der Waals surface area contributed by atoms with Gasteiger partial charge in [-0.05, 0) is 153 Å². The van der Waals surface area contributed by atoms with E-state index in [1.807, 2.05) is 24.3 Å². The molecule has 0 unspecified atom stereocenters. The highest BCUT2D eigenvalue weighted by Gasteiger charge is 2.46. The molecule has 0 radical (unpaired) electrons. The molecule has 2 aromatic rings. The molecule has 304 valence electrons. The minimum Gasteiger partial charge on any atom is -0.482 e. The summed E-state index contributed by atoms with van der Waals surface area (Å²) in [6, 6.07) is 12.0. The molecular formula is C46H66O9. The van der Waals surface area contributed by atoms with E-state index in [9.17, 15) is 24.9 Å². The molecule has 0 amide bonds. The van der Waals surface area contributed by atoms with Gasteiger partial charge in [-0.25, -0.2) is 9.59 Å². The minimum absolute atomic E-state index is 0.106. The van der Waals surface area contributed by atoms with Gasteiger partial charge in [-0.15, -0.1) is 0 Å². The average molecular weight is 763 g/mol. The van der Waals surface area contributed by atoms with Gasteiger partial charge in [0, 0.05) is 0 Å². The average Bonchev–Trinajstić information content (AvgIpc) is 3.64. The van der Waals surface area contributed by atoms with Gasteiger partial charge >= 0.3 is 11.9 Å². The van der Waals surface area contributed by atoms with Crippen LogP contribution in [-0.4, -0.2) is 70.0 Å². The lowest BCUT2D eigenvalue weighted by Crippen LogP contribution is -2.29. The molecule has 2 saturated carbocycles. The maximum absolute atomic E-state index is 13.4. The van der Waals surface area contributed by atoms with E-state index >= 15 is 0 Å². The quantitative estimate of drug-likeness (QED) is 0.0746. The zero-order valence-corrected chi connectivity index (χ0v) is 33.2. The fourth-order valence-corrected chi connectivity index (χ4v) is 10.8. The van der Waals surface area contributed by atoms with Crippen molar-refractivity contribution in [3.63, 3.8) is 0 Å². The van der Waals surface area contributed by atoms with E-state index in [1.54, 1.807) is 0 Å². The maximum atomic E-state index is 13.4. The minimum atomic E-state index is -0.999. The molecule has 2 fully saturated rings. The molecule has 6 rings (SSSR count). The molecule has 0 aliphatic heterocycles. The fraction of sp³-hybridized carbons (Fsp3) is 0.696. The SMILES string of the molecule is CCCCC[C@H](O)CC[C@@H]1[C@H]2Cc3cccc(OCC(=O)O[C@@H](CCCCC)CC[C@@H]4[C@H]5Cc6cccc(OCC(=O)O)c6C[C@H]5C[C@H]4O)c3C[C@H]2C[C@H]1O. The van der Waals surface area contributed by atoms with Crippen LogP contribution in [0.1, 0.15) is 126 Å². The predicted octanol–water partition coefficient (Wildman–Crippen LogP) is 7.65. The number of unbranched alkanes of at least 4 members (excludes halogenated alkanes) is 4. The van der Waals surface area contributed by atoms with Crippen LogP contribution < -0.4 is 9.47 Å². The Hall–Kier alpha value is -3.14. The Morgan fingerprint density at radius 2 is 1.22 bits per heavy atom. The Morgan fingerprint density at radius 1 is 0.691 bits per heavy atom.